The number of pyridine rings is 1. The summed E-state index contributed by atoms with van der Waals surface area (Å²) in [5.41, 5.74) is 8.68. The molecule has 0 aliphatic heterocycles. The largest absolute Gasteiger partial charge is 0.455 e. The molecular formula is C29H28NO+. The summed E-state index contributed by atoms with van der Waals surface area (Å²) in [7, 11) is 2.17. The lowest BCUT2D eigenvalue weighted by molar-refractivity contribution is -0.661. The first-order chi connectivity index (χ1) is 14.7. The molecule has 2 heteroatoms. The van der Waals surface area contributed by atoms with E-state index in [2.05, 4.69) is 107 Å². The van der Waals surface area contributed by atoms with Crippen LogP contribution >= 0.6 is 0 Å². The number of benzene rings is 3. The van der Waals surface area contributed by atoms with Crippen LogP contribution in [0.5, 0.6) is 0 Å². The van der Waals surface area contributed by atoms with Gasteiger partial charge in [-0.2, -0.15) is 0 Å². The predicted octanol–water partition coefficient (Wildman–Crippen LogP) is 7.11. The number of furan rings is 1. The lowest BCUT2D eigenvalue weighted by atomic mass is 9.55. The van der Waals surface area contributed by atoms with E-state index in [1.54, 1.807) is 0 Å². The molecule has 0 N–H and O–H groups in total. The summed E-state index contributed by atoms with van der Waals surface area (Å²) in [5.74, 6) is 0. The smallest absolute Gasteiger partial charge is 0.216 e. The topological polar surface area (TPSA) is 17.0 Å². The average molecular weight is 407 g/mol. The van der Waals surface area contributed by atoms with Crippen LogP contribution in [0.2, 0.25) is 0 Å². The Morgan fingerprint density at radius 2 is 1.61 bits per heavy atom. The number of aryl methyl sites for hydroxylation is 2. The molecule has 0 bridgehead atoms. The Labute approximate surface area is 183 Å². The minimum absolute atomic E-state index is 0.0322. The van der Waals surface area contributed by atoms with Crippen LogP contribution in [0.25, 0.3) is 44.0 Å². The highest BCUT2D eigenvalue weighted by Crippen LogP contribution is 2.56. The van der Waals surface area contributed by atoms with Gasteiger partial charge < -0.3 is 4.42 Å². The molecule has 0 radical (unpaired) electrons. The fraction of sp³-hybridized carbons (Fsp3) is 0.276. The van der Waals surface area contributed by atoms with E-state index in [1.165, 1.54) is 49.5 Å². The third kappa shape index (κ3) is 2.15. The van der Waals surface area contributed by atoms with Gasteiger partial charge in [-0.3, -0.25) is 0 Å². The van der Waals surface area contributed by atoms with Gasteiger partial charge in [0.15, 0.2) is 6.20 Å². The van der Waals surface area contributed by atoms with Gasteiger partial charge in [0.1, 0.15) is 18.2 Å². The number of aromatic nitrogens is 1. The second kappa shape index (κ2) is 5.76. The molecular weight excluding hydrogens is 378 g/mol. The molecule has 2 nitrogen and oxygen atoms in total. The van der Waals surface area contributed by atoms with Crippen molar-refractivity contribution in [3.63, 3.8) is 0 Å². The summed E-state index contributed by atoms with van der Waals surface area (Å²) in [5, 5.41) is 4.89. The first kappa shape index (κ1) is 18.6. The first-order valence-electron chi connectivity index (χ1n) is 11.1. The van der Waals surface area contributed by atoms with Gasteiger partial charge in [-0.25, -0.2) is 4.57 Å². The van der Waals surface area contributed by atoms with E-state index in [1.807, 2.05) is 0 Å². The molecule has 154 valence electrons. The Morgan fingerprint density at radius 1 is 0.839 bits per heavy atom. The Kier molecular flexibility index (Phi) is 3.46. The number of hydrogen-bond acceptors (Lipinski definition) is 1. The highest BCUT2D eigenvalue weighted by Gasteiger charge is 2.50. The maximum absolute atomic E-state index is 6.59. The SMILES string of the molecule is Cc1cc2oc3c4ccccc4ccc3c2c2c1-c1c(ccc[n+]1C)C(C)(C)C2(C)C. The van der Waals surface area contributed by atoms with Crippen molar-refractivity contribution in [2.45, 2.75) is 45.4 Å². The van der Waals surface area contributed by atoms with Gasteiger partial charge in [0, 0.05) is 38.6 Å². The van der Waals surface area contributed by atoms with Crippen LogP contribution in [-0.2, 0) is 17.9 Å². The van der Waals surface area contributed by atoms with Crippen LogP contribution in [0.15, 0.2) is 65.2 Å². The maximum atomic E-state index is 6.59. The Hall–Kier alpha value is -3.13. The minimum Gasteiger partial charge on any atom is -0.455 e. The van der Waals surface area contributed by atoms with Crippen LogP contribution in [-0.4, -0.2) is 0 Å². The van der Waals surface area contributed by atoms with Crippen molar-refractivity contribution < 1.29 is 8.98 Å². The summed E-state index contributed by atoms with van der Waals surface area (Å²) in [6.45, 7) is 11.8. The summed E-state index contributed by atoms with van der Waals surface area (Å²) >= 11 is 0. The summed E-state index contributed by atoms with van der Waals surface area (Å²) in [6, 6.07) is 19.7. The van der Waals surface area contributed by atoms with Crippen LogP contribution in [0.3, 0.4) is 0 Å². The molecule has 1 aliphatic rings. The Bertz CT molecular complexity index is 1550. The van der Waals surface area contributed by atoms with E-state index in [-0.39, 0.29) is 10.8 Å². The highest BCUT2D eigenvalue weighted by atomic mass is 16.3. The molecule has 2 aromatic heterocycles. The zero-order valence-corrected chi connectivity index (χ0v) is 19.1. The molecule has 0 spiro atoms. The quantitative estimate of drug-likeness (QED) is 0.250. The van der Waals surface area contributed by atoms with Crippen molar-refractivity contribution in [3.8, 4) is 11.3 Å². The first-order valence-corrected chi connectivity index (χ1v) is 11.1. The molecule has 31 heavy (non-hydrogen) atoms. The van der Waals surface area contributed by atoms with E-state index in [9.17, 15) is 0 Å². The molecule has 0 amide bonds. The van der Waals surface area contributed by atoms with Gasteiger partial charge in [-0.05, 0) is 41.6 Å². The van der Waals surface area contributed by atoms with Gasteiger partial charge in [0.25, 0.3) is 0 Å². The zero-order valence-electron chi connectivity index (χ0n) is 19.1. The fourth-order valence-electron chi connectivity index (χ4n) is 5.80. The van der Waals surface area contributed by atoms with E-state index in [4.69, 9.17) is 4.42 Å². The molecule has 0 saturated carbocycles. The summed E-state index contributed by atoms with van der Waals surface area (Å²) < 4.78 is 8.88. The summed E-state index contributed by atoms with van der Waals surface area (Å²) in [6.07, 6.45) is 2.17. The fourth-order valence-corrected chi connectivity index (χ4v) is 5.80. The van der Waals surface area contributed by atoms with Crippen molar-refractivity contribution in [3.05, 3.63) is 77.5 Å². The van der Waals surface area contributed by atoms with Crippen molar-refractivity contribution in [1.29, 1.82) is 0 Å². The number of fused-ring (bicyclic) bond motifs is 9. The standard InChI is InChI=1S/C29H28NO/c1-17-16-22-24(20-14-13-18-10-7-8-11-19(18)27(20)31-22)25-23(17)26-21(12-9-15-30(26)6)28(2,3)29(25,4)5/h7-16H,1-6H3/q+1. The molecule has 0 fully saturated rings. The molecule has 6 rings (SSSR count). The Balaban J connectivity index is 1.89. The van der Waals surface area contributed by atoms with E-state index < -0.39 is 0 Å². The van der Waals surface area contributed by atoms with Gasteiger partial charge >= 0.3 is 0 Å². The molecule has 0 unspecified atom stereocenters. The molecule has 5 aromatic rings. The van der Waals surface area contributed by atoms with Crippen LogP contribution in [0, 0.1) is 6.92 Å². The number of nitrogens with zero attached hydrogens (tertiary/aromatic N) is 1. The molecule has 2 heterocycles. The van der Waals surface area contributed by atoms with Crippen molar-refractivity contribution >= 4 is 32.7 Å². The average Bonchev–Trinajstić information content (AvgIpc) is 3.10. The van der Waals surface area contributed by atoms with E-state index >= 15 is 0 Å². The van der Waals surface area contributed by atoms with Gasteiger partial charge in [-0.15, -0.1) is 0 Å². The monoisotopic (exact) mass is 406 g/mol. The maximum Gasteiger partial charge on any atom is 0.216 e. The third-order valence-electron chi connectivity index (χ3n) is 8.13. The van der Waals surface area contributed by atoms with Crippen molar-refractivity contribution in [2.75, 3.05) is 0 Å². The van der Waals surface area contributed by atoms with Crippen LogP contribution in [0.4, 0.5) is 0 Å². The minimum atomic E-state index is -0.0730. The molecule has 3 aromatic carbocycles. The third-order valence-corrected chi connectivity index (χ3v) is 8.13. The van der Waals surface area contributed by atoms with Crippen molar-refractivity contribution in [1.82, 2.24) is 0 Å². The molecule has 0 atom stereocenters. The van der Waals surface area contributed by atoms with Crippen LogP contribution < -0.4 is 4.57 Å². The second-order valence-corrected chi connectivity index (χ2v) is 10.2. The van der Waals surface area contributed by atoms with Crippen molar-refractivity contribution in [2.24, 2.45) is 7.05 Å². The molecule has 1 aliphatic carbocycles. The normalized spacial score (nSPS) is 16.6. The van der Waals surface area contributed by atoms with E-state index in [0.717, 1.165) is 11.2 Å². The Morgan fingerprint density at radius 3 is 2.42 bits per heavy atom. The van der Waals surface area contributed by atoms with Gasteiger partial charge in [-0.1, -0.05) is 58.0 Å². The summed E-state index contributed by atoms with van der Waals surface area (Å²) in [4.78, 5) is 0. The molecule has 0 saturated heterocycles. The zero-order chi connectivity index (χ0) is 21.7. The highest BCUT2D eigenvalue weighted by molar-refractivity contribution is 6.17. The lowest BCUT2D eigenvalue weighted by Crippen LogP contribution is -2.48. The van der Waals surface area contributed by atoms with Gasteiger partial charge in [0.2, 0.25) is 5.69 Å². The predicted molar refractivity (Wildman–Crippen MR) is 129 cm³/mol. The second-order valence-electron chi connectivity index (χ2n) is 10.2. The number of rotatable bonds is 0. The lowest BCUT2D eigenvalue weighted by Gasteiger charge is -2.47. The van der Waals surface area contributed by atoms with Gasteiger partial charge in [0.05, 0.1) is 5.56 Å². The van der Waals surface area contributed by atoms with Crippen LogP contribution in [0.1, 0.15) is 44.4 Å². The van der Waals surface area contributed by atoms with E-state index in [0.29, 0.717) is 0 Å². The number of hydrogen-bond donors (Lipinski definition) is 0.